The molecule has 0 aliphatic heterocycles. The molecular weight excluding hydrogens is 468 g/mol. The van der Waals surface area contributed by atoms with Gasteiger partial charge >= 0.3 is 0 Å². The summed E-state index contributed by atoms with van der Waals surface area (Å²) in [5, 5.41) is 13.7. The third-order valence-corrected chi connectivity index (χ3v) is 6.38. The molecule has 0 saturated heterocycles. The SMILES string of the molecule is COc1ccc(CN(CC(O)CNC(=O)c2cncc(Cl)n2)C2Cc3ccccc3C2)c(OC)c1. The van der Waals surface area contributed by atoms with E-state index in [9.17, 15) is 9.90 Å². The Morgan fingerprint density at radius 3 is 2.57 bits per heavy atom. The van der Waals surface area contributed by atoms with Crippen LogP contribution in [-0.2, 0) is 19.4 Å². The Balaban J connectivity index is 1.47. The molecule has 0 radical (unpaired) electrons. The van der Waals surface area contributed by atoms with E-state index in [0.29, 0.717) is 13.1 Å². The number of carbonyl (C=O) groups excluding carboxylic acids is 1. The van der Waals surface area contributed by atoms with Crippen molar-refractivity contribution in [3.63, 3.8) is 0 Å². The number of hydrogen-bond acceptors (Lipinski definition) is 7. The van der Waals surface area contributed by atoms with Crippen LogP contribution in [0, 0.1) is 0 Å². The van der Waals surface area contributed by atoms with Gasteiger partial charge in [-0.3, -0.25) is 14.7 Å². The molecule has 9 heteroatoms. The lowest BCUT2D eigenvalue weighted by atomic mass is 10.1. The fraction of sp³-hybridized carbons (Fsp3) is 0.346. The summed E-state index contributed by atoms with van der Waals surface area (Å²) in [6.45, 7) is 1.02. The molecule has 0 spiro atoms. The lowest BCUT2D eigenvalue weighted by Crippen LogP contribution is -2.44. The molecular formula is C26H29ClN4O4. The Labute approximate surface area is 209 Å². The van der Waals surface area contributed by atoms with Gasteiger partial charge in [-0.2, -0.15) is 0 Å². The molecule has 1 aliphatic rings. The van der Waals surface area contributed by atoms with Crippen molar-refractivity contribution in [2.45, 2.75) is 31.5 Å². The lowest BCUT2D eigenvalue weighted by Gasteiger charge is -2.31. The third kappa shape index (κ3) is 6.28. The predicted octanol–water partition coefficient (Wildman–Crippen LogP) is 2.91. The standard InChI is InChI=1S/C26H29ClN4O4/c1-34-22-8-7-19(24(11-22)35-2)15-31(20-9-17-5-3-4-6-18(17)10-20)16-21(32)12-29-26(33)23-13-28-14-25(27)30-23/h3-8,11,13-14,20-21,32H,9-10,12,15-16H2,1-2H3,(H,29,33). The minimum absolute atomic E-state index is 0.0724. The van der Waals surface area contributed by atoms with Crippen LogP contribution in [-0.4, -0.2) is 65.3 Å². The smallest absolute Gasteiger partial charge is 0.271 e. The number of benzene rings is 2. The topological polar surface area (TPSA) is 96.8 Å². The molecule has 3 aromatic rings. The molecule has 35 heavy (non-hydrogen) atoms. The van der Waals surface area contributed by atoms with Gasteiger partial charge in [0, 0.05) is 37.3 Å². The number of fused-ring (bicyclic) bond motifs is 1. The fourth-order valence-corrected chi connectivity index (χ4v) is 4.57. The lowest BCUT2D eigenvalue weighted by molar-refractivity contribution is 0.0745. The summed E-state index contributed by atoms with van der Waals surface area (Å²) in [6.07, 6.45) is 3.69. The predicted molar refractivity (Wildman–Crippen MR) is 133 cm³/mol. The van der Waals surface area contributed by atoms with Crippen LogP contribution in [0.25, 0.3) is 0 Å². The number of nitrogens with zero attached hydrogens (tertiary/aromatic N) is 3. The summed E-state index contributed by atoms with van der Waals surface area (Å²) in [7, 11) is 3.26. The largest absolute Gasteiger partial charge is 0.497 e. The van der Waals surface area contributed by atoms with E-state index in [0.717, 1.165) is 29.9 Å². The zero-order valence-corrected chi connectivity index (χ0v) is 20.5. The molecule has 1 amide bonds. The zero-order chi connectivity index (χ0) is 24.8. The second-order valence-electron chi connectivity index (χ2n) is 8.53. The number of aliphatic hydroxyl groups excluding tert-OH is 1. The van der Waals surface area contributed by atoms with Crippen molar-refractivity contribution in [2.75, 3.05) is 27.3 Å². The number of halogens is 1. The fourth-order valence-electron chi connectivity index (χ4n) is 4.43. The molecule has 8 nitrogen and oxygen atoms in total. The van der Waals surface area contributed by atoms with E-state index < -0.39 is 12.0 Å². The highest BCUT2D eigenvalue weighted by Crippen LogP contribution is 2.30. The van der Waals surface area contributed by atoms with Crippen molar-refractivity contribution in [2.24, 2.45) is 0 Å². The summed E-state index contributed by atoms with van der Waals surface area (Å²) in [5.41, 5.74) is 3.75. The Hall–Kier alpha value is -3.20. The first-order valence-electron chi connectivity index (χ1n) is 11.4. The first-order valence-corrected chi connectivity index (χ1v) is 11.8. The first kappa shape index (κ1) is 24.9. The first-order chi connectivity index (χ1) is 17.0. The van der Waals surface area contributed by atoms with Crippen LogP contribution in [0.2, 0.25) is 5.15 Å². The zero-order valence-electron chi connectivity index (χ0n) is 19.8. The average molecular weight is 497 g/mol. The van der Waals surface area contributed by atoms with Gasteiger partial charge in [0.2, 0.25) is 0 Å². The van der Waals surface area contributed by atoms with Gasteiger partial charge in [0.15, 0.2) is 0 Å². The molecule has 1 aromatic heterocycles. The van der Waals surface area contributed by atoms with E-state index in [1.807, 2.05) is 18.2 Å². The molecule has 4 rings (SSSR count). The molecule has 1 heterocycles. The summed E-state index contributed by atoms with van der Waals surface area (Å²) in [6, 6.07) is 14.4. The minimum atomic E-state index is -0.793. The van der Waals surface area contributed by atoms with Crippen LogP contribution in [0.4, 0.5) is 0 Å². The van der Waals surface area contributed by atoms with E-state index in [4.69, 9.17) is 21.1 Å². The molecule has 2 aromatic carbocycles. The molecule has 1 atom stereocenters. The van der Waals surface area contributed by atoms with Crippen molar-refractivity contribution < 1.29 is 19.4 Å². The van der Waals surface area contributed by atoms with Crippen molar-refractivity contribution in [3.8, 4) is 11.5 Å². The number of amides is 1. The maximum absolute atomic E-state index is 12.4. The van der Waals surface area contributed by atoms with Crippen LogP contribution in [0.15, 0.2) is 54.9 Å². The number of methoxy groups -OCH3 is 2. The van der Waals surface area contributed by atoms with Crippen LogP contribution in [0.3, 0.4) is 0 Å². The van der Waals surface area contributed by atoms with Gasteiger partial charge in [-0.05, 0) is 30.0 Å². The maximum Gasteiger partial charge on any atom is 0.271 e. The number of rotatable bonds is 10. The number of nitrogens with one attached hydrogen (secondary N) is 1. The number of aliphatic hydroxyl groups is 1. The van der Waals surface area contributed by atoms with Crippen molar-refractivity contribution in [1.29, 1.82) is 0 Å². The second kappa shape index (κ2) is 11.5. The third-order valence-electron chi connectivity index (χ3n) is 6.19. The molecule has 1 unspecified atom stereocenters. The second-order valence-corrected chi connectivity index (χ2v) is 8.92. The number of aromatic nitrogens is 2. The van der Waals surface area contributed by atoms with Crippen molar-refractivity contribution >= 4 is 17.5 Å². The Kier molecular flexibility index (Phi) is 8.17. The van der Waals surface area contributed by atoms with Gasteiger partial charge in [-0.15, -0.1) is 0 Å². The van der Waals surface area contributed by atoms with Crippen LogP contribution < -0.4 is 14.8 Å². The number of carbonyl (C=O) groups is 1. The molecule has 184 valence electrons. The Morgan fingerprint density at radius 2 is 1.91 bits per heavy atom. The number of hydrogen-bond donors (Lipinski definition) is 2. The number of ether oxygens (including phenoxy) is 2. The molecule has 0 saturated carbocycles. The highest BCUT2D eigenvalue weighted by molar-refractivity contribution is 6.29. The highest BCUT2D eigenvalue weighted by atomic mass is 35.5. The summed E-state index contributed by atoms with van der Waals surface area (Å²) in [4.78, 5) is 22.5. The van der Waals surface area contributed by atoms with Gasteiger partial charge in [0.1, 0.15) is 22.3 Å². The van der Waals surface area contributed by atoms with E-state index in [-0.39, 0.29) is 23.4 Å². The van der Waals surface area contributed by atoms with Gasteiger partial charge in [0.25, 0.3) is 5.91 Å². The summed E-state index contributed by atoms with van der Waals surface area (Å²) in [5.74, 6) is 1.01. The molecule has 1 aliphatic carbocycles. The average Bonchev–Trinajstić information content (AvgIpc) is 3.31. The van der Waals surface area contributed by atoms with Gasteiger partial charge < -0.3 is 19.9 Å². The normalized spacial score (nSPS) is 14.0. The van der Waals surface area contributed by atoms with E-state index in [1.54, 1.807) is 14.2 Å². The minimum Gasteiger partial charge on any atom is -0.497 e. The van der Waals surface area contributed by atoms with E-state index >= 15 is 0 Å². The Morgan fingerprint density at radius 1 is 1.17 bits per heavy atom. The van der Waals surface area contributed by atoms with Crippen molar-refractivity contribution in [3.05, 3.63) is 82.4 Å². The Bertz CT molecular complexity index is 1150. The highest BCUT2D eigenvalue weighted by Gasteiger charge is 2.29. The monoisotopic (exact) mass is 496 g/mol. The molecule has 2 N–H and O–H groups in total. The van der Waals surface area contributed by atoms with Gasteiger partial charge in [0.05, 0.1) is 32.7 Å². The summed E-state index contributed by atoms with van der Waals surface area (Å²) < 4.78 is 10.9. The van der Waals surface area contributed by atoms with Gasteiger partial charge in [-0.1, -0.05) is 41.9 Å². The quantitative estimate of drug-likeness (QED) is 0.445. The maximum atomic E-state index is 12.4. The van der Waals surface area contributed by atoms with Gasteiger partial charge in [-0.25, -0.2) is 4.98 Å². The molecule has 0 bridgehead atoms. The van der Waals surface area contributed by atoms with Crippen molar-refractivity contribution in [1.82, 2.24) is 20.2 Å². The van der Waals surface area contributed by atoms with E-state index in [2.05, 4.69) is 44.5 Å². The molecule has 0 fully saturated rings. The van der Waals surface area contributed by atoms with Crippen LogP contribution in [0.5, 0.6) is 11.5 Å². The van der Waals surface area contributed by atoms with E-state index in [1.165, 1.54) is 23.5 Å². The van der Waals surface area contributed by atoms with Crippen LogP contribution in [0.1, 0.15) is 27.2 Å². The van der Waals surface area contributed by atoms with Crippen LogP contribution >= 0.6 is 11.6 Å². The summed E-state index contributed by atoms with van der Waals surface area (Å²) >= 11 is 5.82.